The number of rotatable bonds is 7. The van der Waals surface area contributed by atoms with E-state index in [0.29, 0.717) is 22.4 Å². The number of Topliss-reactive ketones (excluding diaryl/α,β-unsaturated/α-hetero) is 1. The van der Waals surface area contributed by atoms with Gasteiger partial charge in [0.05, 0.1) is 5.75 Å². The van der Waals surface area contributed by atoms with Crippen molar-refractivity contribution < 1.29 is 22.4 Å². The summed E-state index contributed by atoms with van der Waals surface area (Å²) >= 11 is 1.10. The molecule has 34 heavy (non-hydrogen) atoms. The quantitative estimate of drug-likeness (QED) is 0.197. The highest BCUT2D eigenvalue weighted by Crippen LogP contribution is 2.29. The van der Waals surface area contributed by atoms with Gasteiger partial charge >= 0.3 is 6.18 Å². The molecule has 6 nitrogen and oxygen atoms in total. The number of benzene rings is 1. The summed E-state index contributed by atoms with van der Waals surface area (Å²) < 4.78 is 55.0. The lowest BCUT2D eigenvalue weighted by Gasteiger charge is -2.12. The average Bonchev–Trinajstić information content (AvgIpc) is 3.34. The Hall–Kier alpha value is -3.47. The molecule has 4 rings (SSSR count). The number of aromatic nitrogens is 5. The van der Waals surface area contributed by atoms with Crippen molar-refractivity contribution in [1.29, 1.82) is 0 Å². The van der Waals surface area contributed by atoms with Crippen LogP contribution in [0.4, 0.5) is 17.6 Å². The highest BCUT2D eigenvalue weighted by Gasteiger charge is 2.30. The van der Waals surface area contributed by atoms with Gasteiger partial charge in [-0.2, -0.15) is 13.2 Å². The van der Waals surface area contributed by atoms with E-state index in [9.17, 15) is 22.4 Å². The van der Waals surface area contributed by atoms with E-state index in [1.54, 1.807) is 41.2 Å². The third kappa shape index (κ3) is 5.04. The van der Waals surface area contributed by atoms with E-state index in [0.717, 1.165) is 21.9 Å². The molecule has 0 unspecified atom stereocenters. The predicted molar refractivity (Wildman–Crippen MR) is 120 cm³/mol. The van der Waals surface area contributed by atoms with Crippen molar-refractivity contribution in [3.05, 3.63) is 77.6 Å². The summed E-state index contributed by atoms with van der Waals surface area (Å²) in [5.74, 6) is -0.315. The summed E-state index contributed by atoms with van der Waals surface area (Å²) in [6.45, 7) is 1.88. The van der Waals surface area contributed by atoms with Gasteiger partial charge in [-0.3, -0.25) is 14.3 Å². The fourth-order valence-corrected chi connectivity index (χ4v) is 4.42. The minimum Gasteiger partial charge on any atom is -0.339 e. The second-order valence-corrected chi connectivity index (χ2v) is 8.49. The number of thioether (sulfide) groups is 1. The standard InChI is InChI=1S/C23H19F4N5OS/c1-14-11-19(15(2)31(14)13-23(25,26)27)20(33)12-34-22-30-29-21(16-7-9-28-10-8-16)32(22)18-5-3-17(24)4-6-18/h3-11H,12-13H2,1-2H3. The molecule has 1 aromatic carbocycles. The second-order valence-electron chi connectivity index (χ2n) is 7.55. The topological polar surface area (TPSA) is 65.6 Å². The van der Waals surface area contributed by atoms with E-state index in [2.05, 4.69) is 15.2 Å². The van der Waals surface area contributed by atoms with E-state index in [1.807, 2.05) is 0 Å². The van der Waals surface area contributed by atoms with Crippen LogP contribution in [0, 0.1) is 19.7 Å². The van der Waals surface area contributed by atoms with Crippen LogP contribution in [0.2, 0.25) is 0 Å². The minimum atomic E-state index is -4.39. The number of alkyl halides is 3. The van der Waals surface area contributed by atoms with Crippen LogP contribution in [0.1, 0.15) is 21.7 Å². The van der Waals surface area contributed by atoms with Crippen LogP contribution in [0.5, 0.6) is 0 Å². The van der Waals surface area contributed by atoms with Gasteiger partial charge in [0, 0.05) is 40.6 Å². The van der Waals surface area contributed by atoms with Gasteiger partial charge in [-0.15, -0.1) is 10.2 Å². The first-order valence-corrected chi connectivity index (χ1v) is 11.1. The van der Waals surface area contributed by atoms with Crippen molar-refractivity contribution in [2.45, 2.75) is 31.7 Å². The molecule has 0 saturated heterocycles. The maximum atomic E-state index is 13.5. The number of pyridine rings is 1. The number of ketones is 1. The Balaban J connectivity index is 1.63. The zero-order valence-electron chi connectivity index (χ0n) is 18.2. The number of aryl methyl sites for hydroxylation is 1. The largest absolute Gasteiger partial charge is 0.406 e. The van der Waals surface area contributed by atoms with E-state index in [4.69, 9.17) is 0 Å². The molecule has 3 aromatic heterocycles. The lowest BCUT2D eigenvalue weighted by Crippen LogP contribution is -2.19. The van der Waals surface area contributed by atoms with Gasteiger partial charge in [0.2, 0.25) is 0 Å². The number of carbonyl (C=O) groups excluding carboxylic acids is 1. The molecular formula is C23H19F4N5OS. The van der Waals surface area contributed by atoms with Crippen LogP contribution >= 0.6 is 11.8 Å². The molecule has 176 valence electrons. The van der Waals surface area contributed by atoms with Gasteiger partial charge in [0.1, 0.15) is 12.4 Å². The van der Waals surface area contributed by atoms with Crippen LogP contribution < -0.4 is 0 Å². The van der Waals surface area contributed by atoms with Crippen molar-refractivity contribution in [3.8, 4) is 17.1 Å². The summed E-state index contributed by atoms with van der Waals surface area (Å²) in [5.41, 5.74) is 2.17. The van der Waals surface area contributed by atoms with Gasteiger partial charge in [-0.1, -0.05) is 11.8 Å². The Morgan fingerprint density at radius 2 is 1.71 bits per heavy atom. The summed E-state index contributed by atoms with van der Waals surface area (Å²) in [6, 6.07) is 10.7. The summed E-state index contributed by atoms with van der Waals surface area (Å²) in [4.78, 5) is 16.9. The SMILES string of the molecule is Cc1cc(C(=O)CSc2nnc(-c3ccncc3)n2-c2ccc(F)cc2)c(C)n1CC(F)(F)F. The molecule has 0 aliphatic rings. The van der Waals surface area contributed by atoms with Crippen LogP contribution in [-0.2, 0) is 6.54 Å². The number of carbonyl (C=O) groups is 1. The summed E-state index contributed by atoms with van der Waals surface area (Å²) in [6.07, 6.45) is -1.18. The Bertz CT molecular complexity index is 1310. The van der Waals surface area contributed by atoms with Crippen LogP contribution in [-0.4, -0.2) is 42.0 Å². The first kappa shape index (κ1) is 23.7. The smallest absolute Gasteiger partial charge is 0.339 e. The zero-order valence-corrected chi connectivity index (χ0v) is 19.0. The average molecular weight is 489 g/mol. The zero-order chi connectivity index (χ0) is 24.5. The molecule has 0 aliphatic heterocycles. The van der Waals surface area contributed by atoms with Crippen LogP contribution in [0.25, 0.3) is 17.1 Å². The third-order valence-electron chi connectivity index (χ3n) is 5.20. The van der Waals surface area contributed by atoms with E-state index in [1.165, 1.54) is 32.0 Å². The van der Waals surface area contributed by atoms with E-state index >= 15 is 0 Å². The van der Waals surface area contributed by atoms with E-state index in [-0.39, 0.29) is 22.8 Å². The van der Waals surface area contributed by atoms with Gasteiger partial charge in [-0.25, -0.2) is 4.39 Å². The Labute approximate surface area is 196 Å². The van der Waals surface area contributed by atoms with Crippen molar-refractivity contribution in [2.75, 3.05) is 5.75 Å². The van der Waals surface area contributed by atoms with Crippen molar-refractivity contribution in [1.82, 2.24) is 24.3 Å². The van der Waals surface area contributed by atoms with Gasteiger partial charge < -0.3 is 4.57 Å². The highest BCUT2D eigenvalue weighted by atomic mass is 32.2. The molecule has 4 aromatic rings. The van der Waals surface area contributed by atoms with Crippen LogP contribution in [0.3, 0.4) is 0 Å². The normalized spacial score (nSPS) is 11.7. The van der Waals surface area contributed by atoms with Crippen LogP contribution in [0.15, 0.2) is 60.0 Å². The van der Waals surface area contributed by atoms with Gasteiger partial charge in [0.15, 0.2) is 16.8 Å². The minimum absolute atomic E-state index is 0.0635. The molecule has 11 heteroatoms. The Kier molecular flexibility index (Phi) is 6.56. The number of hydrogen-bond donors (Lipinski definition) is 0. The summed E-state index contributed by atoms with van der Waals surface area (Å²) in [7, 11) is 0. The van der Waals surface area contributed by atoms with Gasteiger partial charge in [-0.05, 0) is 56.3 Å². The van der Waals surface area contributed by atoms with Crippen molar-refractivity contribution in [2.24, 2.45) is 0 Å². The fourth-order valence-electron chi connectivity index (χ4n) is 3.59. The lowest BCUT2D eigenvalue weighted by molar-refractivity contribution is -0.141. The van der Waals surface area contributed by atoms with Crippen molar-refractivity contribution in [3.63, 3.8) is 0 Å². The Morgan fingerprint density at radius 1 is 1.03 bits per heavy atom. The Morgan fingerprint density at radius 3 is 2.35 bits per heavy atom. The monoisotopic (exact) mass is 489 g/mol. The van der Waals surface area contributed by atoms with Crippen molar-refractivity contribution >= 4 is 17.5 Å². The summed E-state index contributed by atoms with van der Waals surface area (Å²) in [5, 5.41) is 8.83. The molecule has 0 N–H and O–H groups in total. The maximum absolute atomic E-state index is 13.5. The number of nitrogens with zero attached hydrogens (tertiary/aromatic N) is 5. The molecule has 0 spiro atoms. The highest BCUT2D eigenvalue weighted by molar-refractivity contribution is 7.99. The molecule has 0 fully saturated rings. The van der Waals surface area contributed by atoms with Gasteiger partial charge in [0.25, 0.3) is 0 Å². The molecular weight excluding hydrogens is 470 g/mol. The number of hydrogen-bond acceptors (Lipinski definition) is 5. The fraction of sp³-hybridized carbons (Fsp3) is 0.217. The maximum Gasteiger partial charge on any atom is 0.406 e. The first-order valence-electron chi connectivity index (χ1n) is 10.2. The molecule has 0 amide bonds. The third-order valence-corrected chi connectivity index (χ3v) is 6.13. The molecule has 3 heterocycles. The molecule has 0 saturated carbocycles. The second kappa shape index (κ2) is 9.41. The molecule has 0 atom stereocenters. The molecule has 0 aliphatic carbocycles. The molecule has 0 bridgehead atoms. The predicted octanol–water partition coefficient (Wildman–Crippen LogP) is 5.42. The number of halogens is 4. The molecule has 0 radical (unpaired) electrons. The first-order chi connectivity index (χ1) is 16.1. The lowest BCUT2D eigenvalue weighted by atomic mass is 10.2. The van der Waals surface area contributed by atoms with E-state index < -0.39 is 18.5 Å².